The van der Waals surface area contributed by atoms with Gasteiger partial charge in [-0.15, -0.1) is 0 Å². The smallest absolute Gasteiger partial charge is 0.246 e. The molecule has 2 aromatic rings. The van der Waals surface area contributed by atoms with Crippen molar-refractivity contribution in [2.24, 2.45) is 0 Å². The van der Waals surface area contributed by atoms with Crippen molar-refractivity contribution >= 4 is 29.3 Å². The zero-order valence-electron chi connectivity index (χ0n) is 11.7. The van der Waals surface area contributed by atoms with Crippen LogP contribution in [-0.2, 0) is 9.59 Å². The quantitative estimate of drug-likeness (QED) is 0.899. The van der Waals surface area contributed by atoms with Gasteiger partial charge >= 0.3 is 0 Å². The molecule has 6 nitrogen and oxygen atoms in total. The number of hydrogen-bond acceptors (Lipinski definition) is 5. The summed E-state index contributed by atoms with van der Waals surface area (Å²) >= 11 is 1.42. The van der Waals surface area contributed by atoms with Crippen LogP contribution < -0.4 is 10.6 Å². The second-order valence-corrected chi connectivity index (χ2v) is 5.84. The maximum absolute atomic E-state index is 12.1. The van der Waals surface area contributed by atoms with Crippen molar-refractivity contribution in [3.63, 3.8) is 0 Å². The lowest BCUT2D eigenvalue weighted by Gasteiger charge is -2.11. The van der Waals surface area contributed by atoms with Crippen molar-refractivity contribution in [3.8, 4) is 0 Å². The van der Waals surface area contributed by atoms with Gasteiger partial charge in [0.15, 0.2) is 0 Å². The van der Waals surface area contributed by atoms with E-state index >= 15 is 0 Å². The first kappa shape index (κ1) is 14.5. The standard InChI is InChI=1S/C15H14N4O2S/c20-12-5-4-11(19-12)15(21)18-10-6-8-17-14(9-10)22-13-3-1-2-7-16-13/h1-3,6-9,11H,4-5H2,(H,19,20)(H,17,18,21)/t11-/m1/s1. The zero-order valence-corrected chi connectivity index (χ0v) is 12.5. The van der Waals surface area contributed by atoms with E-state index in [-0.39, 0.29) is 11.8 Å². The van der Waals surface area contributed by atoms with Crippen LogP contribution in [-0.4, -0.2) is 27.8 Å². The van der Waals surface area contributed by atoms with E-state index in [1.165, 1.54) is 11.8 Å². The Balaban J connectivity index is 1.66. The fourth-order valence-electron chi connectivity index (χ4n) is 2.10. The average Bonchev–Trinajstić information content (AvgIpc) is 2.95. The summed E-state index contributed by atoms with van der Waals surface area (Å²) in [4.78, 5) is 31.7. The molecule has 2 amide bonds. The summed E-state index contributed by atoms with van der Waals surface area (Å²) in [6, 6.07) is 8.71. The Bertz CT molecular complexity index is 693. The maximum atomic E-state index is 12.1. The Kier molecular flexibility index (Phi) is 4.34. The summed E-state index contributed by atoms with van der Waals surface area (Å²) < 4.78 is 0. The normalized spacial score (nSPS) is 17.1. The van der Waals surface area contributed by atoms with E-state index in [0.717, 1.165) is 10.1 Å². The molecule has 2 N–H and O–H groups in total. The van der Waals surface area contributed by atoms with E-state index in [4.69, 9.17) is 0 Å². The second-order valence-electron chi connectivity index (χ2n) is 4.80. The first-order valence-electron chi connectivity index (χ1n) is 6.86. The van der Waals surface area contributed by atoms with Gasteiger partial charge in [0.1, 0.15) is 16.1 Å². The first-order chi connectivity index (χ1) is 10.7. The molecular weight excluding hydrogens is 300 g/mol. The Morgan fingerprint density at radius 1 is 1.23 bits per heavy atom. The maximum Gasteiger partial charge on any atom is 0.246 e. The summed E-state index contributed by atoms with van der Waals surface area (Å²) in [5.74, 6) is -0.285. The van der Waals surface area contributed by atoms with Crippen LogP contribution in [0.3, 0.4) is 0 Å². The number of pyridine rings is 2. The van der Waals surface area contributed by atoms with E-state index < -0.39 is 6.04 Å². The van der Waals surface area contributed by atoms with Crippen LogP contribution in [0.5, 0.6) is 0 Å². The highest BCUT2D eigenvalue weighted by molar-refractivity contribution is 7.99. The molecule has 112 valence electrons. The number of amides is 2. The lowest BCUT2D eigenvalue weighted by atomic mass is 10.2. The minimum absolute atomic E-state index is 0.0822. The van der Waals surface area contributed by atoms with Crippen molar-refractivity contribution in [1.82, 2.24) is 15.3 Å². The van der Waals surface area contributed by atoms with E-state index in [0.29, 0.717) is 18.5 Å². The summed E-state index contributed by atoms with van der Waals surface area (Å²) in [5, 5.41) is 7.03. The largest absolute Gasteiger partial charge is 0.344 e. The lowest BCUT2D eigenvalue weighted by Crippen LogP contribution is -2.37. The Morgan fingerprint density at radius 2 is 2.09 bits per heavy atom. The van der Waals surface area contributed by atoms with Crippen molar-refractivity contribution in [3.05, 3.63) is 42.7 Å². The molecule has 2 aromatic heterocycles. The molecule has 0 saturated carbocycles. The molecule has 0 spiro atoms. The molecule has 0 radical (unpaired) electrons. The van der Waals surface area contributed by atoms with E-state index in [1.807, 2.05) is 18.2 Å². The number of carbonyl (C=O) groups is 2. The second kappa shape index (κ2) is 6.57. The monoisotopic (exact) mass is 314 g/mol. The molecule has 0 aliphatic carbocycles. The van der Waals surface area contributed by atoms with Gasteiger partial charge in [0, 0.05) is 24.5 Å². The molecule has 1 aliphatic rings. The van der Waals surface area contributed by atoms with Gasteiger partial charge in [0.2, 0.25) is 11.8 Å². The molecule has 0 unspecified atom stereocenters. The van der Waals surface area contributed by atoms with E-state index in [9.17, 15) is 9.59 Å². The predicted octanol–water partition coefficient (Wildman–Crippen LogP) is 1.84. The molecule has 1 saturated heterocycles. The summed E-state index contributed by atoms with van der Waals surface area (Å²) in [6.07, 6.45) is 4.28. The number of nitrogens with zero attached hydrogens (tertiary/aromatic N) is 2. The SMILES string of the molecule is O=C1CC[C@H](C(=O)Nc2ccnc(Sc3ccccn3)c2)N1. The third-order valence-electron chi connectivity index (χ3n) is 3.16. The van der Waals surface area contributed by atoms with Gasteiger partial charge < -0.3 is 10.6 Å². The van der Waals surface area contributed by atoms with Crippen molar-refractivity contribution in [2.75, 3.05) is 5.32 Å². The third-order valence-corrected chi connectivity index (χ3v) is 4.04. The lowest BCUT2D eigenvalue weighted by molar-refractivity contribution is -0.122. The fraction of sp³-hybridized carbons (Fsp3) is 0.200. The highest BCUT2D eigenvalue weighted by Crippen LogP contribution is 2.25. The van der Waals surface area contributed by atoms with Gasteiger partial charge in [-0.2, -0.15) is 0 Å². The summed E-state index contributed by atoms with van der Waals surface area (Å²) in [6.45, 7) is 0. The van der Waals surface area contributed by atoms with Gasteiger partial charge in [0.25, 0.3) is 0 Å². The molecule has 7 heteroatoms. The summed E-state index contributed by atoms with van der Waals surface area (Å²) in [5.41, 5.74) is 0.652. The first-order valence-corrected chi connectivity index (χ1v) is 7.67. The van der Waals surface area contributed by atoms with Gasteiger partial charge in [0.05, 0.1) is 0 Å². The molecule has 3 rings (SSSR count). The Labute approximate surface area is 131 Å². The number of anilines is 1. The molecule has 1 fully saturated rings. The number of aromatic nitrogens is 2. The fourth-order valence-corrected chi connectivity index (χ4v) is 2.87. The topological polar surface area (TPSA) is 84.0 Å². The van der Waals surface area contributed by atoms with Crippen LogP contribution >= 0.6 is 11.8 Å². The predicted molar refractivity (Wildman–Crippen MR) is 82.4 cm³/mol. The van der Waals surface area contributed by atoms with E-state index in [1.54, 1.807) is 24.5 Å². The highest BCUT2D eigenvalue weighted by atomic mass is 32.2. The Hall–Kier alpha value is -2.41. The van der Waals surface area contributed by atoms with Gasteiger partial charge in [-0.25, -0.2) is 9.97 Å². The molecule has 0 aromatic carbocycles. The zero-order chi connectivity index (χ0) is 15.4. The molecule has 22 heavy (non-hydrogen) atoms. The van der Waals surface area contributed by atoms with Crippen LogP contribution in [0.4, 0.5) is 5.69 Å². The van der Waals surface area contributed by atoms with Crippen LogP contribution in [0, 0.1) is 0 Å². The van der Waals surface area contributed by atoms with Crippen LogP contribution in [0.15, 0.2) is 52.8 Å². The minimum atomic E-state index is -0.451. The Morgan fingerprint density at radius 3 is 2.82 bits per heavy atom. The van der Waals surface area contributed by atoms with Crippen molar-refractivity contribution in [2.45, 2.75) is 28.9 Å². The van der Waals surface area contributed by atoms with Crippen molar-refractivity contribution < 1.29 is 9.59 Å². The van der Waals surface area contributed by atoms with Crippen LogP contribution in [0.25, 0.3) is 0 Å². The summed E-state index contributed by atoms with van der Waals surface area (Å²) in [7, 11) is 0. The van der Waals surface area contributed by atoms with Crippen molar-refractivity contribution in [1.29, 1.82) is 0 Å². The van der Waals surface area contributed by atoms with Gasteiger partial charge in [-0.1, -0.05) is 17.8 Å². The molecular formula is C15H14N4O2S. The molecule has 1 aliphatic heterocycles. The van der Waals surface area contributed by atoms with Gasteiger partial charge in [-0.05, 0) is 30.7 Å². The van der Waals surface area contributed by atoms with E-state index in [2.05, 4.69) is 20.6 Å². The third kappa shape index (κ3) is 3.62. The average molecular weight is 314 g/mol. The van der Waals surface area contributed by atoms with Crippen LogP contribution in [0.1, 0.15) is 12.8 Å². The molecule has 1 atom stereocenters. The number of rotatable bonds is 4. The molecule has 3 heterocycles. The number of nitrogens with one attached hydrogen (secondary N) is 2. The van der Waals surface area contributed by atoms with Crippen LogP contribution in [0.2, 0.25) is 0 Å². The molecule has 0 bridgehead atoms. The highest BCUT2D eigenvalue weighted by Gasteiger charge is 2.27. The minimum Gasteiger partial charge on any atom is -0.344 e. The number of hydrogen-bond donors (Lipinski definition) is 2. The van der Waals surface area contributed by atoms with Gasteiger partial charge in [-0.3, -0.25) is 9.59 Å². The number of carbonyl (C=O) groups excluding carboxylic acids is 2.